The molecule has 0 fully saturated rings. The number of thiophene rings is 1. The summed E-state index contributed by atoms with van der Waals surface area (Å²) in [5.41, 5.74) is 1.72. The topological polar surface area (TPSA) is 75.2 Å². The number of fused-ring (bicyclic) bond motifs is 3. The van der Waals surface area contributed by atoms with Crippen molar-refractivity contribution in [1.29, 1.82) is 0 Å². The number of aromatic nitrogens is 2. The molecule has 1 atom stereocenters. The summed E-state index contributed by atoms with van der Waals surface area (Å²) in [6.07, 6.45) is 3.58. The van der Waals surface area contributed by atoms with E-state index in [1.807, 2.05) is 46.0 Å². The molecule has 0 spiro atoms. The predicted molar refractivity (Wildman–Crippen MR) is 103 cm³/mol. The van der Waals surface area contributed by atoms with E-state index in [0.717, 1.165) is 27.0 Å². The Balaban J connectivity index is 2.00. The van der Waals surface area contributed by atoms with Crippen LogP contribution in [0, 0.1) is 12.3 Å². The van der Waals surface area contributed by atoms with Crippen molar-refractivity contribution in [2.45, 2.75) is 39.9 Å². The number of nitrogens with one attached hydrogen (secondary N) is 1. The highest BCUT2D eigenvalue weighted by atomic mass is 32.1. The Bertz CT molecular complexity index is 1060. The Morgan fingerprint density at radius 1 is 1.38 bits per heavy atom. The predicted octanol–water partition coefficient (Wildman–Crippen LogP) is 3.72. The van der Waals surface area contributed by atoms with E-state index in [9.17, 15) is 9.90 Å². The highest BCUT2D eigenvalue weighted by Crippen LogP contribution is 2.45. The molecule has 0 saturated heterocycles. The number of ether oxygens (including phenoxy) is 1. The number of aliphatic hydroxyl groups is 1. The molecule has 4 rings (SSSR count). The van der Waals surface area contributed by atoms with Gasteiger partial charge in [0.05, 0.1) is 18.9 Å². The fourth-order valence-corrected chi connectivity index (χ4v) is 4.69. The van der Waals surface area contributed by atoms with Crippen LogP contribution in [0.3, 0.4) is 0 Å². The van der Waals surface area contributed by atoms with E-state index in [1.54, 1.807) is 6.20 Å². The molecule has 1 aliphatic rings. The van der Waals surface area contributed by atoms with E-state index in [4.69, 9.17) is 4.74 Å². The van der Waals surface area contributed by atoms with Crippen LogP contribution >= 0.6 is 11.3 Å². The smallest absolute Gasteiger partial charge is 0.266 e. The molecule has 26 heavy (non-hydrogen) atoms. The third-order valence-electron chi connectivity index (χ3n) is 5.30. The molecule has 0 aliphatic carbocycles. The van der Waals surface area contributed by atoms with E-state index in [0.29, 0.717) is 17.0 Å². The number of hydrogen-bond donors (Lipinski definition) is 2. The first-order valence-electron chi connectivity index (χ1n) is 8.62. The molecule has 0 saturated carbocycles. The summed E-state index contributed by atoms with van der Waals surface area (Å²) >= 11 is 1.46. The summed E-state index contributed by atoms with van der Waals surface area (Å²) in [6.45, 7) is 8.42. The Morgan fingerprint density at radius 2 is 2.15 bits per heavy atom. The first-order chi connectivity index (χ1) is 12.2. The lowest BCUT2D eigenvalue weighted by Gasteiger charge is -2.43. The van der Waals surface area contributed by atoms with Gasteiger partial charge in [-0.15, -0.1) is 11.3 Å². The van der Waals surface area contributed by atoms with Gasteiger partial charge in [-0.1, -0.05) is 20.8 Å². The van der Waals surface area contributed by atoms with Gasteiger partial charge in [0.15, 0.2) is 0 Å². The zero-order chi connectivity index (χ0) is 18.7. The van der Waals surface area contributed by atoms with Crippen molar-refractivity contribution < 1.29 is 9.84 Å². The van der Waals surface area contributed by atoms with Crippen molar-refractivity contribution in [3.05, 3.63) is 51.7 Å². The zero-order valence-corrected chi connectivity index (χ0v) is 16.2. The number of pyridine rings is 2. The summed E-state index contributed by atoms with van der Waals surface area (Å²) in [7, 11) is 0. The third kappa shape index (κ3) is 2.44. The maximum atomic E-state index is 12.8. The summed E-state index contributed by atoms with van der Waals surface area (Å²) in [5, 5.41) is 12.2. The van der Waals surface area contributed by atoms with Crippen LogP contribution in [0.5, 0.6) is 0 Å². The summed E-state index contributed by atoms with van der Waals surface area (Å²) in [6, 6.07) is 4.00. The molecule has 136 valence electrons. The average molecular weight is 370 g/mol. The van der Waals surface area contributed by atoms with Crippen LogP contribution in [0.4, 0.5) is 0 Å². The Kier molecular flexibility index (Phi) is 3.84. The molecule has 0 amide bonds. The van der Waals surface area contributed by atoms with Crippen LogP contribution in [0.25, 0.3) is 20.5 Å². The lowest BCUT2D eigenvalue weighted by Crippen LogP contribution is -2.48. The fraction of sp³-hybridized carbons (Fsp3) is 0.400. The van der Waals surface area contributed by atoms with Gasteiger partial charge in [-0.2, -0.15) is 0 Å². The van der Waals surface area contributed by atoms with E-state index >= 15 is 0 Å². The van der Waals surface area contributed by atoms with Crippen LogP contribution in [0.2, 0.25) is 0 Å². The Morgan fingerprint density at radius 3 is 2.85 bits per heavy atom. The van der Waals surface area contributed by atoms with Gasteiger partial charge in [0.1, 0.15) is 10.3 Å². The average Bonchev–Trinajstić information content (AvgIpc) is 3.01. The summed E-state index contributed by atoms with van der Waals surface area (Å²) in [5.74, 6) is 0. The molecule has 3 aromatic heterocycles. The number of nitrogens with zero attached hydrogens (tertiary/aromatic N) is 1. The summed E-state index contributed by atoms with van der Waals surface area (Å²) in [4.78, 5) is 20.9. The SMILES string of the molecule is Cc1cnccc1-c1cc2c3c([nH]c(=O)c2s1)C(O)(C(C)(C)C)COC3. The van der Waals surface area contributed by atoms with Crippen molar-refractivity contribution in [2.24, 2.45) is 5.41 Å². The standard InChI is InChI=1S/C20H22N2O3S/c1-11-8-21-6-5-12(11)15-7-13-14-9-25-10-20(24,19(2,3)4)17(14)22-18(23)16(13)26-15/h5-8,24H,9-10H2,1-4H3,(H,22,23). The van der Waals surface area contributed by atoms with Gasteiger partial charge in [-0.05, 0) is 35.6 Å². The molecule has 1 aliphatic heterocycles. The molecular formula is C20H22N2O3S. The minimum atomic E-state index is -1.23. The van der Waals surface area contributed by atoms with Gasteiger partial charge in [0.2, 0.25) is 0 Å². The monoisotopic (exact) mass is 370 g/mol. The quantitative estimate of drug-likeness (QED) is 0.684. The number of rotatable bonds is 1. The van der Waals surface area contributed by atoms with Crippen molar-refractivity contribution in [3.8, 4) is 10.4 Å². The Hall–Kier alpha value is -2.02. The molecule has 0 radical (unpaired) electrons. The molecule has 1 unspecified atom stereocenters. The van der Waals surface area contributed by atoms with E-state index in [2.05, 4.69) is 9.97 Å². The van der Waals surface area contributed by atoms with Crippen LogP contribution in [-0.4, -0.2) is 21.7 Å². The number of aromatic amines is 1. The van der Waals surface area contributed by atoms with Crippen molar-refractivity contribution in [3.63, 3.8) is 0 Å². The van der Waals surface area contributed by atoms with Gasteiger partial charge >= 0.3 is 0 Å². The summed E-state index contributed by atoms with van der Waals surface area (Å²) < 4.78 is 6.41. The van der Waals surface area contributed by atoms with E-state index in [-0.39, 0.29) is 12.2 Å². The molecule has 0 bridgehead atoms. The molecule has 2 N–H and O–H groups in total. The molecule has 0 aromatic carbocycles. The van der Waals surface area contributed by atoms with Gasteiger partial charge < -0.3 is 14.8 Å². The largest absolute Gasteiger partial charge is 0.381 e. The van der Waals surface area contributed by atoms with Crippen molar-refractivity contribution in [2.75, 3.05) is 6.61 Å². The first-order valence-corrected chi connectivity index (χ1v) is 9.44. The molecule has 5 nitrogen and oxygen atoms in total. The van der Waals surface area contributed by atoms with Gasteiger partial charge in [-0.25, -0.2) is 0 Å². The molecular weight excluding hydrogens is 348 g/mol. The second-order valence-electron chi connectivity index (χ2n) is 7.95. The molecule has 3 aromatic rings. The van der Waals surface area contributed by atoms with Crippen LogP contribution < -0.4 is 5.56 Å². The fourth-order valence-electron chi connectivity index (χ4n) is 3.51. The maximum Gasteiger partial charge on any atom is 0.266 e. The van der Waals surface area contributed by atoms with Gasteiger partial charge in [-0.3, -0.25) is 9.78 Å². The number of hydrogen-bond acceptors (Lipinski definition) is 5. The highest BCUT2D eigenvalue weighted by molar-refractivity contribution is 7.22. The van der Waals surface area contributed by atoms with Crippen molar-refractivity contribution in [1.82, 2.24) is 9.97 Å². The van der Waals surface area contributed by atoms with Crippen LogP contribution in [0.15, 0.2) is 29.3 Å². The minimum absolute atomic E-state index is 0.161. The van der Waals surface area contributed by atoms with Crippen LogP contribution in [0.1, 0.15) is 37.6 Å². The number of aryl methyl sites for hydroxylation is 1. The lowest BCUT2D eigenvalue weighted by molar-refractivity contribution is -0.139. The normalized spacial score (nSPS) is 20.3. The van der Waals surface area contributed by atoms with Gasteiger partial charge in [0, 0.05) is 28.2 Å². The van der Waals surface area contributed by atoms with E-state index < -0.39 is 11.0 Å². The maximum absolute atomic E-state index is 12.8. The second-order valence-corrected chi connectivity index (χ2v) is 9.01. The Labute approximate surface area is 155 Å². The minimum Gasteiger partial charge on any atom is -0.381 e. The number of H-pyrrole nitrogens is 1. The highest BCUT2D eigenvalue weighted by Gasteiger charge is 2.47. The lowest BCUT2D eigenvalue weighted by atomic mass is 9.72. The third-order valence-corrected chi connectivity index (χ3v) is 6.47. The van der Waals surface area contributed by atoms with Gasteiger partial charge in [0.25, 0.3) is 5.56 Å². The first kappa shape index (κ1) is 17.4. The zero-order valence-electron chi connectivity index (χ0n) is 15.3. The second kappa shape index (κ2) is 5.74. The van der Waals surface area contributed by atoms with E-state index in [1.165, 1.54) is 11.3 Å². The van der Waals surface area contributed by atoms with Crippen molar-refractivity contribution >= 4 is 21.4 Å². The molecule has 4 heterocycles. The molecule has 6 heteroatoms. The van der Waals surface area contributed by atoms with Crippen LogP contribution in [-0.2, 0) is 16.9 Å².